The van der Waals surface area contributed by atoms with Gasteiger partial charge in [0.15, 0.2) is 0 Å². The summed E-state index contributed by atoms with van der Waals surface area (Å²) in [6.07, 6.45) is 4.13. The quantitative estimate of drug-likeness (QED) is 0.218. The van der Waals surface area contributed by atoms with Crippen molar-refractivity contribution in [3.05, 3.63) is 140 Å². The molecule has 192 valence electrons. The Hall–Kier alpha value is -5.19. The lowest BCUT2D eigenvalue weighted by Gasteiger charge is -2.10. The van der Waals surface area contributed by atoms with Crippen LogP contribution in [-0.4, -0.2) is 14.0 Å². The third kappa shape index (κ3) is 3.35. The number of pyridine rings is 1. The lowest BCUT2D eigenvalue weighted by molar-refractivity contribution is 1.18. The van der Waals surface area contributed by atoms with E-state index in [-0.39, 0.29) is 0 Å². The van der Waals surface area contributed by atoms with Crippen LogP contribution < -0.4 is 0 Å². The second kappa shape index (κ2) is 8.65. The highest BCUT2D eigenvalue weighted by Crippen LogP contribution is 2.45. The van der Waals surface area contributed by atoms with E-state index in [0.29, 0.717) is 0 Å². The minimum atomic E-state index is 0.954. The van der Waals surface area contributed by atoms with E-state index in [9.17, 15) is 0 Å². The topological polar surface area (TPSA) is 22.2 Å². The van der Waals surface area contributed by atoms with Gasteiger partial charge in [-0.05, 0) is 47.5 Å². The molecule has 9 rings (SSSR count). The molecule has 0 unspecified atom stereocenters. The number of aromatic nitrogens is 3. The maximum atomic E-state index is 4.83. The molecule has 0 aliphatic rings. The number of hydrogen-bond acceptors (Lipinski definition) is 2. The van der Waals surface area contributed by atoms with Gasteiger partial charge in [0.05, 0.1) is 16.7 Å². The summed E-state index contributed by atoms with van der Waals surface area (Å²) < 4.78 is 7.15. The van der Waals surface area contributed by atoms with Crippen molar-refractivity contribution in [2.24, 2.45) is 0 Å². The number of nitrogens with zero attached hydrogens (tertiary/aromatic N) is 3. The molecule has 4 heterocycles. The molecule has 0 atom stereocenters. The molecule has 0 N–H and O–H groups in total. The molecule has 0 radical (unpaired) electrons. The summed E-state index contributed by atoms with van der Waals surface area (Å²) in [6, 6.07) is 45.8. The van der Waals surface area contributed by atoms with Crippen molar-refractivity contribution >= 4 is 59.0 Å². The Labute approximate surface area is 240 Å². The van der Waals surface area contributed by atoms with E-state index in [0.717, 1.165) is 22.6 Å². The lowest BCUT2D eigenvalue weighted by atomic mass is 10.0. The fraction of sp³-hybridized carbons (Fsp3) is 0. The van der Waals surface area contributed by atoms with Gasteiger partial charge in [0.25, 0.3) is 0 Å². The number of fused-ring (bicyclic) bond motifs is 8. The van der Waals surface area contributed by atoms with Crippen LogP contribution >= 0.6 is 11.3 Å². The molecule has 0 fully saturated rings. The number of benzene rings is 5. The molecule has 0 bridgehead atoms. The highest BCUT2D eigenvalue weighted by Gasteiger charge is 2.19. The molecule has 0 amide bonds. The minimum Gasteiger partial charge on any atom is -0.309 e. The van der Waals surface area contributed by atoms with Crippen LogP contribution in [0.2, 0.25) is 0 Å². The Bertz CT molecular complexity index is 2370. The number of rotatable bonds is 3. The van der Waals surface area contributed by atoms with E-state index in [2.05, 4.69) is 124 Å². The summed E-state index contributed by atoms with van der Waals surface area (Å²) in [5, 5.41) is 5.18. The van der Waals surface area contributed by atoms with Crippen LogP contribution in [0.25, 0.3) is 75.7 Å². The first-order valence-corrected chi connectivity index (χ1v) is 14.6. The summed E-state index contributed by atoms with van der Waals surface area (Å²) in [6.45, 7) is 0. The standard InChI is InChI=1S/C37H23N3S/c1-2-9-24(10-3-1)27-12-8-13-30-35-33(41-37(27)30)21-20-29-28-11-4-5-14-32(28)40(36(29)35)26-18-16-25(17-19-26)31-23-39-22-7-6-15-34(39)38-31/h1-23H. The number of hydrogen-bond donors (Lipinski definition) is 0. The van der Waals surface area contributed by atoms with Crippen LogP contribution in [0.5, 0.6) is 0 Å². The molecule has 4 aromatic heterocycles. The molecule has 0 aliphatic carbocycles. The van der Waals surface area contributed by atoms with Crippen LogP contribution in [0.1, 0.15) is 0 Å². The molecule has 4 heteroatoms. The maximum absolute atomic E-state index is 4.83. The predicted molar refractivity (Wildman–Crippen MR) is 173 cm³/mol. The summed E-state index contributed by atoms with van der Waals surface area (Å²) in [5.41, 5.74) is 9.21. The monoisotopic (exact) mass is 541 g/mol. The van der Waals surface area contributed by atoms with E-state index < -0.39 is 0 Å². The van der Waals surface area contributed by atoms with Gasteiger partial charge in [-0.2, -0.15) is 0 Å². The van der Waals surface area contributed by atoms with Crippen molar-refractivity contribution in [3.8, 4) is 28.1 Å². The third-order valence-electron chi connectivity index (χ3n) is 8.16. The zero-order valence-corrected chi connectivity index (χ0v) is 22.8. The smallest absolute Gasteiger partial charge is 0.137 e. The van der Waals surface area contributed by atoms with E-state index in [4.69, 9.17) is 4.98 Å². The van der Waals surface area contributed by atoms with Gasteiger partial charge >= 0.3 is 0 Å². The van der Waals surface area contributed by atoms with E-state index in [1.165, 1.54) is 53.1 Å². The molecule has 0 saturated carbocycles. The molecule has 41 heavy (non-hydrogen) atoms. The van der Waals surface area contributed by atoms with Crippen molar-refractivity contribution in [3.63, 3.8) is 0 Å². The highest BCUT2D eigenvalue weighted by molar-refractivity contribution is 7.26. The first-order valence-electron chi connectivity index (χ1n) is 13.8. The first-order chi connectivity index (χ1) is 20.3. The number of thiophene rings is 1. The summed E-state index contributed by atoms with van der Waals surface area (Å²) >= 11 is 1.89. The molecule has 0 saturated heterocycles. The molecule has 9 aromatic rings. The van der Waals surface area contributed by atoms with Gasteiger partial charge in [0.1, 0.15) is 5.65 Å². The van der Waals surface area contributed by atoms with Gasteiger partial charge in [0.2, 0.25) is 0 Å². The summed E-state index contributed by atoms with van der Waals surface area (Å²) in [4.78, 5) is 4.83. The first kappa shape index (κ1) is 22.6. The molecule has 0 aliphatic heterocycles. The van der Waals surface area contributed by atoms with Crippen molar-refractivity contribution in [1.82, 2.24) is 14.0 Å². The fourth-order valence-electron chi connectivity index (χ4n) is 6.31. The van der Waals surface area contributed by atoms with Crippen LogP contribution in [0.4, 0.5) is 0 Å². The van der Waals surface area contributed by atoms with E-state index >= 15 is 0 Å². The lowest BCUT2D eigenvalue weighted by Crippen LogP contribution is -1.94. The summed E-state index contributed by atoms with van der Waals surface area (Å²) in [5.74, 6) is 0. The van der Waals surface area contributed by atoms with Crippen LogP contribution in [-0.2, 0) is 0 Å². The van der Waals surface area contributed by atoms with Gasteiger partial charge < -0.3 is 8.97 Å². The molecule has 5 aromatic carbocycles. The summed E-state index contributed by atoms with van der Waals surface area (Å²) in [7, 11) is 0. The van der Waals surface area contributed by atoms with Gasteiger partial charge in [-0.25, -0.2) is 4.98 Å². The molecular weight excluding hydrogens is 518 g/mol. The third-order valence-corrected chi connectivity index (χ3v) is 9.37. The largest absolute Gasteiger partial charge is 0.309 e. The molecular formula is C37H23N3S. The van der Waals surface area contributed by atoms with Crippen molar-refractivity contribution < 1.29 is 0 Å². The van der Waals surface area contributed by atoms with Gasteiger partial charge in [0, 0.05) is 54.6 Å². The molecule has 0 spiro atoms. The van der Waals surface area contributed by atoms with Crippen LogP contribution in [0, 0.1) is 0 Å². The number of para-hydroxylation sites is 1. The second-order valence-electron chi connectivity index (χ2n) is 10.5. The average molecular weight is 542 g/mol. The predicted octanol–water partition coefficient (Wildman–Crippen LogP) is 10.1. The second-order valence-corrected chi connectivity index (χ2v) is 11.5. The highest BCUT2D eigenvalue weighted by atomic mass is 32.1. The van der Waals surface area contributed by atoms with E-state index in [1.54, 1.807) is 0 Å². The fourth-order valence-corrected chi connectivity index (χ4v) is 7.55. The average Bonchev–Trinajstić information content (AvgIpc) is 3.73. The Morgan fingerprint density at radius 2 is 1.39 bits per heavy atom. The number of imidazole rings is 1. The van der Waals surface area contributed by atoms with Crippen LogP contribution in [0.15, 0.2) is 140 Å². The van der Waals surface area contributed by atoms with Gasteiger partial charge in [-0.1, -0.05) is 91.0 Å². The zero-order valence-electron chi connectivity index (χ0n) is 22.0. The van der Waals surface area contributed by atoms with Crippen LogP contribution in [0.3, 0.4) is 0 Å². The Kier molecular flexibility index (Phi) is 4.77. The SMILES string of the molecule is c1ccc(-c2cccc3c2sc2ccc4c5ccccc5n(-c5ccc(-c6cn7ccccc7n6)cc5)c4c23)cc1. The Morgan fingerprint density at radius 3 is 2.27 bits per heavy atom. The molecule has 3 nitrogen and oxygen atoms in total. The van der Waals surface area contributed by atoms with Crippen molar-refractivity contribution in [1.29, 1.82) is 0 Å². The Balaban J connectivity index is 1.31. The van der Waals surface area contributed by atoms with Crippen molar-refractivity contribution in [2.45, 2.75) is 0 Å². The zero-order chi connectivity index (χ0) is 26.9. The normalized spacial score (nSPS) is 11.9. The Morgan fingerprint density at radius 1 is 0.585 bits per heavy atom. The van der Waals surface area contributed by atoms with Gasteiger partial charge in [-0.3, -0.25) is 0 Å². The van der Waals surface area contributed by atoms with Crippen molar-refractivity contribution in [2.75, 3.05) is 0 Å². The minimum absolute atomic E-state index is 0.954. The van der Waals surface area contributed by atoms with Gasteiger partial charge in [-0.15, -0.1) is 11.3 Å². The maximum Gasteiger partial charge on any atom is 0.137 e. The van der Waals surface area contributed by atoms with E-state index in [1.807, 2.05) is 35.7 Å².